The molecule has 1 nitrogen and oxygen atoms in total. The summed E-state index contributed by atoms with van der Waals surface area (Å²) in [6.07, 6.45) is 5.47. The lowest BCUT2D eigenvalue weighted by atomic mass is 9.73. The molecule has 1 fully saturated rings. The minimum atomic E-state index is 0.498. The number of benzene rings is 1. The van der Waals surface area contributed by atoms with E-state index >= 15 is 0 Å². The Morgan fingerprint density at radius 2 is 1.93 bits per heavy atom. The molecule has 1 aliphatic heterocycles. The Labute approximate surface area is 92.1 Å². The van der Waals surface area contributed by atoms with Gasteiger partial charge in [0.1, 0.15) is 0 Å². The van der Waals surface area contributed by atoms with Gasteiger partial charge in [0.25, 0.3) is 0 Å². The summed E-state index contributed by atoms with van der Waals surface area (Å²) in [6.45, 7) is 4.64. The molecule has 0 radical (unpaired) electrons. The largest absolute Gasteiger partial charge is 0.363 e. The van der Waals surface area contributed by atoms with Crippen LogP contribution >= 0.6 is 0 Å². The van der Waals surface area contributed by atoms with E-state index in [0.29, 0.717) is 11.6 Å². The second-order valence-corrected chi connectivity index (χ2v) is 5.35. The van der Waals surface area contributed by atoms with Crippen molar-refractivity contribution in [2.75, 3.05) is 4.90 Å². The minimum Gasteiger partial charge on any atom is -0.363 e. The fourth-order valence-electron chi connectivity index (χ4n) is 3.42. The van der Waals surface area contributed by atoms with Gasteiger partial charge in [-0.05, 0) is 51.2 Å². The Hall–Kier alpha value is -0.980. The lowest BCUT2D eigenvalue weighted by molar-refractivity contribution is 0.229. The highest BCUT2D eigenvalue weighted by molar-refractivity contribution is 5.63. The maximum atomic E-state index is 2.67. The van der Waals surface area contributed by atoms with E-state index in [0.717, 1.165) is 0 Å². The summed E-state index contributed by atoms with van der Waals surface area (Å²) < 4.78 is 0. The molecule has 0 amide bonds. The molecule has 0 N–H and O–H groups in total. The van der Waals surface area contributed by atoms with Crippen molar-refractivity contribution >= 4 is 5.69 Å². The van der Waals surface area contributed by atoms with Gasteiger partial charge in [-0.3, -0.25) is 0 Å². The molecular formula is C14H19N. The monoisotopic (exact) mass is 201 g/mol. The Morgan fingerprint density at radius 3 is 2.53 bits per heavy atom. The van der Waals surface area contributed by atoms with Gasteiger partial charge in [0, 0.05) is 17.3 Å². The van der Waals surface area contributed by atoms with Crippen LogP contribution in [0.2, 0.25) is 0 Å². The highest BCUT2D eigenvalue weighted by Crippen LogP contribution is 2.50. The smallest absolute Gasteiger partial charge is 0.0446 e. The summed E-state index contributed by atoms with van der Waals surface area (Å²) in [7, 11) is 0. The first-order valence-electron chi connectivity index (χ1n) is 6.10. The summed E-state index contributed by atoms with van der Waals surface area (Å²) >= 11 is 0. The van der Waals surface area contributed by atoms with E-state index in [2.05, 4.69) is 43.0 Å². The van der Waals surface area contributed by atoms with Gasteiger partial charge in [-0.25, -0.2) is 0 Å². The first-order chi connectivity index (χ1) is 7.23. The van der Waals surface area contributed by atoms with Crippen LogP contribution < -0.4 is 4.90 Å². The zero-order valence-corrected chi connectivity index (χ0v) is 9.66. The van der Waals surface area contributed by atoms with Gasteiger partial charge in [0.2, 0.25) is 0 Å². The Kier molecular flexibility index (Phi) is 1.86. The predicted octanol–water partition coefficient (Wildman–Crippen LogP) is 3.38. The van der Waals surface area contributed by atoms with Crippen molar-refractivity contribution < 1.29 is 0 Å². The number of fused-ring (bicyclic) bond motifs is 1. The molecule has 0 saturated heterocycles. The number of hydrogen-bond donors (Lipinski definition) is 0. The van der Waals surface area contributed by atoms with Gasteiger partial charge in [-0.2, -0.15) is 0 Å². The molecule has 1 heteroatoms. The van der Waals surface area contributed by atoms with Crippen molar-refractivity contribution in [2.45, 2.75) is 51.1 Å². The van der Waals surface area contributed by atoms with Crippen molar-refractivity contribution in [3.05, 3.63) is 29.8 Å². The van der Waals surface area contributed by atoms with Crippen molar-refractivity contribution in [3.8, 4) is 0 Å². The molecule has 80 valence electrons. The molecular weight excluding hydrogens is 182 g/mol. The highest BCUT2D eigenvalue weighted by Gasteiger charge is 2.48. The number of anilines is 1. The van der Waals surface area contributed by atoms with E-state index in [1.807, 2.05) is 0 Å². The van der Waals surface area contributed by atoms with Crippen LogP contribution in [0.25, 0.3) is 0 Å². The average molecular weight is 201 g/mol. The zero-order valence-electron chi connectivity index (χ0n) is 9.66. The minimum absolute atomic E-state index is 0.498. The Balaban J connectivity index is 2.06. The van der Waals surface area contributed by atoms with Crippen molar-refractivity contribution in [1.82, 2.24) is 0 Å². The molecule has 0 bridgehead atoms. The van der Waals surface area contributed by atoms with Crippen LogP contribution in [0, 0.1) is 0 Å². The summed E-state index contributed by atoms with van der Waals surface area (Å²) in [5, 5.41) is 0. The zero-order chi connectivity index (χ0) is 10.5. The van der Waals surface area contributed by atoms with Crippen molar-refractivity contribution in [2.24, 2.45) is 0 Å². The van der Waals surface area contributed by atoms with E-state index in [1.165, 1.54) is 31.4 Å². The molecule has 1 aromatic rings. The lowest BCUT2D eigenvalue weighted by Gasteiger charge is -2.49. The summed E-state index contributed by atoms with van der Waals surface area (Å²) in [5.41, 5.74) is 3.55. The lowest BCUT2D eigenvalue weighted by Crippen LogP contribution is -2.54. The van der Waals surface area contributed by atoms with Crippen LogP contribution in [-0.4, -0.2) is 11.6 Å². The standard InChI is InChI=1S/C14H19N/c1-11(2)15-13-7-4-3-6-12(13)10-14(15)8-5-9-14/h3-4,6-7,11H,5,8-10H2,1-2H3. The van der Waals surface area contributed by atoms with E-state index < -0.39 is 0 Å². The highest BCUT2D eigenvalue weighted by atomic mass is 15.3. The molecule has 1 saturated carbocycles. The number of rotatable bonds is 1. The van der Waals surface area contributed by atoms with Gasteiger partial charge in [-0.15, -0.1) is 0 Å². The number of hydrogen-bond acceptors (Lipinski definition) is 1. The molecule has 3 rings (SSSR count). The maximum Gasteiger partial charge on any atom is 0.0446 e. The quantitative estimate of drug-likeness (QED) is 0.673. The van der Waals surface area contributed by atoms with Gasteiger partial charge in [-0.1, -0.05) is 18.2 Å². The van der Waals surface area contributed by atoms with Gasteiger partial charge >= 0.3 is 0 Å². The third-order valence-electron chi connectivity index (χ3n) is 4.08. The summed E-state index contributed by atoms with van der Waals surface area (Å²) in [5.74, 6) is 0. The Morgan fingerprint density at radius 1 is 1.20 bits per heavy atom. The normalized spacial score (nSPS) is 21.9. The molecule has 0 atom stereocenters. The second-order valence-electron chi connectivity index (χ2n) is 5.35. The molecule has 1 aromatic carbocycles. The van der Waals surface area contributed by atoms with E-state index in [4.69, 9.17) is 0 Å². The van der Waals surface area contributed by atoms with Crippen molar-refractivity contribution in [3.63, 3.8) is 0 Å². The summed E-state index contributed by atoms with van der Waals surface area (Å²) in [6, 6.07) is 9.58. The van der Waals surface area contributed by atoms with E-state index in [-0.39, 0.29) is 0 Å². The van der Waals surface area contributed by atoms with E-state index in [1.54, 1.807) is 5.56 Å². The SMILES string of the molecule is CC(C)N1c2ccccc2CC12CCC2. The second kappa shape index (κ2) is 3.01. The van der Waals surface area contributed by atoms with Gasteiger partial charge in [0.15, 0.2) is 0 Å². The fraction of sp³-hybridized carbons (Fsp3) is 0.571. The van der Waals surface area contributed by atoms with Crippen LogP contribution in [0.1, 0.15) is 38.7 Å². The topological polar surface area (TPSA) is 3.24 Å². The third kappa shape index (κ3) is 1.15. The average Bonchev–Trinajstić information content (AvgIpc) is 2.51. The predicted molar refractivity (Wildman–Crippen MR) is 64.3 cm³/mol. The molecule has 15 heavy (non-hydrogen) atoms. The van der Waals surface area contributed by atoms with Crippen LogP contribution in [0.5, 0.6) is 0 Å². The van der Waals surface area contributed by atoms with Crippen LogP contribution in [-0.2, 0) is 6.42 Å². The van der Waals surface area contributed by atoms with Crippen LogP contribution in [0.3, 0.4) is 0 Å². The van der Waals surface area contributed by atoms with Crippen molar-refractivity contribution in [1.29, 1.82) is 0 Å². The molecule has 1 spiro atoms. The first-order valence-corrected chi connectivity index (χ1v) is 6.10. The molecule has 2 aliphatic rings. The molecule has 0 aromatic heterocycles. The molecule has 1 heterocycles. The maximum absolute atomic E-state index is 2.67. The van der Waals surface area contributed by atoms with E-state index in [9.17, 15) is 0 Å². The molecule has 1 aliphatic carbocycles. The summed E-state index contributed by atoms with van der Waals surface area (Å²) in [4.78, 5) is 2.67. The first kappa shape index (κ1) is 9.26. The van der Waals surface area contributed by atoms with Crippen LogP contribution in [0.4, 0.5) is 5.69 Å². The number of nitrogens with zero attached hydrogens (tertiary/aromatic N) is 1. The Bertz CT molecular complexity index is 377. The molecule has 0 unspecified atom stereocenters. The number of para-hydroxylation sites is 1. The van der Waals surface area contributed by atoms with Gasteiger partial charge < -0.3 is 4.90 Å². The van der Waals surface area contributed by atoms with Crippen LogP contribution in [0.15, 0.2) is 24.3 Å². The van der Waals surface area contributed by atoms with Gasteiger partial charge in [0.05, 0.1) is 0 Å². The fourth-order valence-corrected chi connectivity index (χ4v) is 3.42. The third-order valence-corrected chi connectivity index (χ3v) is 4.08.